The molecule has 13 heteroatoms. The van der Waals surface area contributed by atoms with Gasteiger partial charge >= 0.3 is 0 Å². The summed E-state index contributed by atoms with van der Waals surface area (Å²) < 4.78 is 73.3. The highest BCUT2D eigenvalue weighted by atomic mass is 32.2. The molecule has 0 spiro atoms. The van der Waals surface area contributed by atoms with Crippen molar-refractivity contribution in [1.29, 1.82) is 0 Å². The number of fused-ring (bicyclic) bond motifs is 2. The Morgan fingerprint density at radius 1 is 0.746 bits per heavy atom. The predicted molar refractivity (Wildman–Crippen MR) is 256 cm³/mol. The number of quaternary nitrogens is 2. The molecule has 0 aromatic heterocycles. The van der Waals surface area contributed by atoms with Crippen LogP contribution in [0.5, 0.6) is 0 Å². The van der Waals surface area contributed by atoms with Crippen LogP contribution in [-0.4, -0.2) is 114 Å². The molecule has 0 bridgehead atoms. The van der Waals surface area contributed by atoms with E-state index in [2.05, 4.69) is 140 Å². The summed E-state index contributed by atoms with van der Waals surface area (Å²) in [4.78, 5) is 2.10. The molecule has 6 rings (SSSR count). The molecule has 1 aliphatic carbocycles. The minimum atomic E-state index is -4.39. The molecule has 0 radical (unpaired) electrons. The zero-order valence-electron chi connectivity index (χ0n) is 39.3. The first kappa shape index (κ1) is 48.1. The molecule has 2 heterocycles. The second-order valence-electron chi connectivity index (χ2n) is 20.5. The Hall–Kier alpha value is -4.37. The number of allylic oxidation sites excluding steroid dienone is 7. The number of rotatable bonds is 16. The summed E-state index contributed by atoms with van der Waals surface area (Å²) >= 11 is 0. The maximum Gasteiger partial charge on any atom is 0.294 e. The molecule has 0 amide bonds. The number of aryl methyl sites for hydroxylation is 1. The van der Waals surface area contributed by atoms with Crippen LogP contribution in [0.2, 0.25) is 0 Å². The summed E-state index contributed by atoms with van der Waals surface area (Å²) in [6.45, 7) is 14.0. The van der Waals surface area contributed by atoms with E-state index in [0.717, 1.165) is 130 Å². The first-order valence-corrected chi connectivity index (χ1v) is 25.0. The van der Waals surface area contributed by atoms with E-state index in [4.69, 9.17) is 0 Å². The van der Waals surface area contributed by atoms with Crippen molar-refractivity contribution < 1.29 is 39.5 Å². The van der Waals surface area contributed by atoms with Gasteiger partial charge in [-0.05, 0) is 110 Å². The Morgan fingerprint density at radius 3 is 1.95 bits per heavy atom. The van der Waals surface area contributed by atoms with Crippen molar-refractivity contribution in [3.63, 3.8) is 0 Å². The van der Waals surface area contributed by atoms with Crippen LogP contribution < -0.4 is 10.2 Å². The molecule has 0 saturated heterocycles. The van der Waals surface area contributed by atoms with E-state index in [0.29, 0.717) is 0 Å². The van der Waals surface area contributed by atoms with Gasteiger partial charge < -0.3 is 19.2 Å². The fourth-order valence-electron chi connectivity index (χ4n) is 9.26. The SMILES string of the molecule is CCc1ccc(NC2=C(/C=C/C3=[N+](CCC[N+](C)(C)C)c4ccc(S(=O)(=O)O)cc4C3(C)C)CCC/C2=C\C=C2\N(CCC[N+](C)(C)C)c3ccc(S(=O)(=O)O)cc3C2(C)C)cc1. The summed E-state index contributed by atoms with van der Waals surface area (Å²) in [6.07, 6.45) is 14.3. The van der Waals surface area contributed by atoms with Crippen molar-refractivity contribution in [3.05, 3.63) is 124 Å². The minimum absolute atomic E-state index is 0.107. The van der Waals surface area contributed by atoms with Gasteiger partial charge in [-0.3, -0.25) is 9.11 Å². The lowest BCUT2D eigenvalue weighted by atomic mass is 9.81. The zero-order chi connectivity index (χ0) is 46.3. The van der Waals surface area contributed by atoms with Crippen molar-refractivity contribution in [3.8, 4) is 0 Å². The maximum atomic E-state index is 12.3. The third-order valence-electron chi connectivity index (χ3n) is 12.8. The van der Waals surface area contributed by atoms with Crippen LogP contribution in [0.15, 0.2) is 117 Å². The lowest BCUT2D eigenvalue weighted by Gasteiger charge is -2.29. The number of hydrogen-bond donors (Lipinski definition) is 3. The lowest BCUT2D eigenvalue weighted by molar-refractivity contribution is -0.871. The number of anilines is 2. The quantitative estimate of drug-likeness (QED) is 0.0739. The third kappa shape index (κ3) is 10.9. The molecule has 0 atom stereocenters. The van der Waals surface area contributed by atoms with Crippen molar-refractivity contribution in [2.24, 2.45) is 0 Å². The fraction of sp³-hybridized carbons (Fsp3) is 0.460. The molecular weight excluding hydrogens is 831 g/mol. The summed E-state index contributed by atoms with van der Waals surface area (Å²) in [6, 6.07) is 18.5. The maximum absolute atomic E-state index is 12.3. The largest absolute Gasteiger partial charge is 0.355 e. The van der Waals surface area contributed by atoms with E-state index < -0.39 is 31.1 Å². The van der Waals surface area contributed by atoms with E-state index in [1.54, 1.807) is 12.1 Å². The molecule has 63 heavy (non-hydrogen) atoms. The molecule has 2 aliphatic heterocycles. The van der Waals surface area contributed by atoms with Crippen LogP contribution in [0.1, 0.15) is 83.4 Å². The van der Waals surface area contributed by atoms with Crippen molar-refractivity contribution in [2.75, 3.05) is 78.7 Å². The van der Waals surface area contributed by atoms with Gasteiger partial charge in [0.1, 0.15) is 0 Å². The Bertz CT molecular complexity index is 2620. The number of nitrogens with one attached hydrogen (secondary N) is 1. The Kier molecular flexibility index (Phi) is 13.7. The van der Waals surface area contributed by atoms with E-state index in [1.807, 2.05) is 12.1 Å². The van der Waals surface area contributed by atoms with Crippen LogP contribution in [0, 0.1) is 0 Å². The number of benzene rings is 3. The van der Waals surface area contributed by atoms with Gasteiger partial charge in [0.05, 0.1) is 77.0 Å². The number of hydrogen-bond acceptors (Lipinski definition) is 6. The molecule has 340 valence electrons. The standard InChI is InChI=1S/C50H67N5O6S2/c1-12-36-18-22-39(23-19-36)51-48-37(20-28-46-49(2,3)42-34-40(62(56,57)58)24-26-44(42)52(46)30-14-32-54(6,7)8)16-13-17-38(48)21-29-47-50(4,5)43-35-41(63(59,60)61)25-27-45(43)53(47)31-15-33-55(9,10)11/h18-29,34-35H,12-17,30-33H2,1-11H3/p+3/b37-20+,46-28+. The summed E-state index contributed by atoms with van der Waals surface area (Å²) in [5.41, 5.74) is 10.2. The van der Waals surface area contributed by atoms with Gasteiger partial charge in [-0.15, -0.1) is 0 Å². The molecule has 0 unspecified atom stereocenters. The van der Waals surface area contributed by atoms with Crippen LogP contribution in [0.3, 0.4) is 0 Å². The number of nitrogens with zero attached hydrogens (tertiary/aromatic N) is 4. The van der Waals surface area contributed by atoms with Crippen molar-refractivity contribution in [1.82, 2.24) is 0 Å². The highest BCUT2D eigenvalue weighted by Crippen LogP contribution is 2.49. The molecule has 3 N–H and O–H groups in total. The van der Waals surface area contributed by atoms with Gasteiger partial charge in [-0.25, -0.2) is 0 Å². The average Bonchev–Trinajstić information content (AvgIpc) is 3.52. The van der Waals surface area contributed by atoms with Gasteiger partial charge in [-0.1, -0.05) is 45.1 Å². The van der Waals surface area contributed by atoms with E-state index in [-0.39, 0.29) is 9.79 Å². The lowest BCUT2D eigenvalue weighted by Crippen LogP contribution is -2.37. The van der Waals surface area contributed by atoms with Gasteiger partial charge in [0.25, 0.3) is 20.2 Å². The summed E-state index contributed by atoms with van der Waals surface area (Å²) in [5, 5.41) is 3.83. The van der Waals surface area contributed by atoms with Crippen LogP contribution in [0.4, 0.5) is 17.1 Å². The summed E-state index contributed by atoms with van der Waals surface area (Å²) in [5.74, 6) is 0. The van der Waals surface area contributed by atoms with Crippen LogP contribution >= 0.6 is 0 Å². The highest BCUT2D eigenvalue weighted by Gasteiger charge is 2.45. The monoisotopic (exact) mass is 900 g/mol. The Labute approximate surface area is 377 Å². The molecule has 0 saturated carbocycles. The molecule has 3 aromatic carbocycles. The highest BCUT2D eigenvalue weighted by molar-refractivity contribution is 7.86. The molecular formula is C50H70N5O6S2+3. The Morgan fingerprint density at radius 2 is 1.35 bits per heavy atom. The average molecular weight is 901 g/mol. The first-order chi connectivity index (χ1) is 29.2. The minimum Gasteiger partial charge on any atom is -0.355 e. The molecule has 11 nitrogen and oxygen atoms in total. The van der Waals surface area contributed by atoms with Crippen molar-refractivity contribution in [2.45, 2.75) is 93.8 Å². The molecule has 3 aliphatic rings. The van der Waals surface area contributed by atoms with Crippen molar-refractivity contribution >= 4 is 43.0 Å². The fourth-order valence-corrected chi connectivity index (χ4v) is 10.3. The van der Waals surface area contributed by atoms with Gasteiger partial charge in [0.15, 0.2) is 12.3 Å². The molecule has 3 aromatic rings. The van der Waals surface area contributed by atoms with Gasteiger partial charge in [-0.2, -0.15) is 21.4 Å². The third-order valence-corrected chi connectivity index (χ3v) is 14.5. The second-order valence-corrected chi connectivity index (χ2v) is 23.3. The first-order valence-electron chi connectivity index (χ1n) is 22.2. The van der Waals surface area contributed by atoms with E-state index in [9.17, 15) is 25.9 Å². The van der Waals surface area contributed by atoms with Gasteiger partial charge in [0, 0.05) is 58.9 Å². The van der Waals surface area contributed by atoms with E-state index >= 15 is 0 Å². The van der Waals surface area contributed by atoms with Crippen LogP contribution in [-0.2, 0) is 37.5 Å². The Balaban J connectivity index is 1.48. The zero-order valence-corrected chi connectivity index (χ0v) is 40.9. The van der Waals surface area contributed by atoms with E-state index in [1.165, 1.54) is 17.7 Å². The predicted octanol–water partition coefficient (Wildman–Crippen LogP) is 9.03. The second kappa shape index (κ2) is 17.9. The smallest absolute Gasteiger partial charge is 0.294 e. The normalized spacial score (nSPS) is 19.2. The van der Waals surface area contributed by atoms with Crippen LogP contribution in [0.25, 0.3) is 0 Å². The molecule has 0 fully saturated rings. The topological polar surface area (TPSA) is 127 Å². The van der Waals surface area contributed by atoms with Gasteiger partial charge in [0.2, 0.25) is 5.69 Å². The summed E-state index contributed by atoms with van der Waals surface area (Å²) in [7, 11) is 4.31.